The maximum Gasteiger partial charge on any atom is 0.331 e. The normalized spacial score (nSPS) is 35.4. The summed E-state index contributed by atoms with van der Waals surface area (Å²) < 4.78 is 6.00. The Bertz CT molecular complexity index is 1120. The zero-order chi connectivity index (χ0) is 29.4. The number of hydrogen-bond donors (Lipinski definition) is 0. The van der Waals surface area contributed by atoms with Crippen molar-refractivity contribution in [3.63, 3.8) is 0 Å². The van der Waals surface area contributed by atoms with Crippen LogP contribution >= 0.6 is 0 Å². The van der Waals surface area contributed by atoms with Crippen LogP contribution in [0.25, 0.3) is 6.08 Å². The van der Waals surface area contributed by atoms with Gasteiger partial charge in [-0.15, -0.1) is 0 Å². The lowest BCUT2D eigenvalue weighted by molar-refractivity contribution is -0.145. The van der Waals surface area contributed by atoms with Crippen molar-refractivity contribution in [3.8, 4) is 0 Å². The second kappa shape index (κ2) is 12.3. The lowest BCUT2D eigenvalue weighted by atomic mass is 9.47. The van der Waals surface area contributed by atoms with Gasteiger partial charge in [0.05, 0.1) is 0 Å². The summed E-state index contributed by atoms with van der Waals surface area (Å²) >= 11 is 0. The molecule has 0 radical (unpaired) electrons. The van der Waals surface area contributed by atoms with E-state index in [0.717, 1.165) is 66.0 Å². The largest absolute Gasteiger partial charge is 0.459 e. The average Bonchev–Trinajstić information content (AvgIpc) is 3.29. The summed E-state index contributed by atoms with van der Waals surface area (Å²) in [5.41, 5.74) is 4.59. The molecule has 0 amide bonds. The van der Waals surface area contributed by atoms with Crippen LogP contribution in [0.2, 0.25) is 0 Å². The van der Waals surface area contributed by atoms with Crippen LogP contribution in [0.1, 0.15) is 111 Å². The number of nitrogens with zero attached hydrogens (tertiary/aromatic N) is 1. The SMILES string of the molecule is CC(C)CCCC(C)C1CCC2C3CC=C4CC(OC(=O)C=Cc5ccc(N(C)C)cc5)CCC4(C)C3CCC12C. The molecule has 0 aromatic heterocycles. The van der Waals surface area contributed by atoms with Gasteiger partial charge >= 0.3 is 5.97 Å². The summed E-state index contributed by atoms with van der Waals surface area (Å²) in [7, 11) is 4.07. The van der Waals surface area contributed by atoms with Crippen LogP contribution in [0.5, 0.6) is 0 Å². The van der Waals surface area contributed by atoms with E-state index in [4.69, 9.17) is 4.74 Å². The lowest BCUT2D eigenvalue weighted by Gasteiger charge is -2.58. The fourth-order valence-corrected chi connectivity index (χ4v) is 10.0. The highest BCUT2D eigenvalue weighted by Gasteiger charge is 2.59. The Labute approximate surface area is 251 Å². The van der Waals surface area contributed by atoms with E-state index in [-0.39, 0.29) is 17.5 Å². The van der Waals surface area contributed by atoms with Crippen molar-refractivity contribution in [2.75, 3.05) is 19.0 Å². The summed E-state index contributed by atoms with van der Waals surface area (Å²) in [5, 5.41) is 0. The molecule has 0 N–H and O–H groups in total. The summed E-state index contributed by atoms with van der Waals surface area (Å²) in [6.45, 7) is 12.6. The standard InChI is InChI=1S/C38H57NO2/c1-26(2)9-8-10-27(3)33-18-19-34-32-17-14-29-25-31(21-23-37(29,4)35(32)22-24-38(33,34)5)41-36(40)20-13-28-11-15-30(16-12-28)39(6)7/h11-16,20,26-27,31-35H,8-10,17-19,21-25H2,1-7H3. The number of carbonyl (C=O) groups is 1. The number of hydrogen-bond acceptors (Lipinski definition) is 3. The number of carbonyl (C=O) groups excluding carboxylic acids is 1. The molecule has 8 atom stereocenters. The van der Waals surface area contributed by atoms with Crippen molar-refractivity contribution in [2.45, 2.75) is 111 Å². The molecule has 5 rings (SSSR count). The number of anilines is 1. The fourth-order valence-electron chi connectivity index (χ4n) is 10.0. The molecule has 0 saturated heterocycles. The van der Waals surface area contributed by atoms with Crippen molar-refractivity contribution in [1.82, 2.24) is 0 Å². The third-order valence-electron chi connectivity index (χ3n) is 12.4. The van der Waals surface area contributed by atoms with Gasteiger partial charge in [0.2, 0.25) is 0 Å². The number of allylic oxidation sites excluding steroid dienone is 1. The van der Waals surface area contributed by atoms with Crippen molar-refractivity contribution >= 4 is 17.7 Å². The number of ether oxygens (including phenoxy) is 1. The van der Waals surface area contributed by atoms with Gasteiger partial charge in [-0.3, -0.25) is 0 Å². The van der Waals surface area contributed by atoms with Crippen LogP contribution in [0, 0.1) is 46.3 Å². The molecule has 3 saturated carbocycles. The fraction of sp³-hybridized carbons (Fsp3) is 0.711. The first-order valence-corrected chi connectivity index (χ1v) is 16.9. The first kappa shape index (κ1) is 30.4. The van der Waals surface area contributed by atoms with Gasteiger partial charge in [-0.2, -0.15) is 0 Å². The summed E-state index contributed by atoms with van der Waals surface area (Å²) in [6.07, 6.45) is 20.3. The van der Waals surface area contributed by atoms with E-state index in [9.17, 15) is 4.79 Å². The molecule has 1 aromatic carbocycles. The number of fused-ring (bicyclic) bond motifs is 5. The molecular weight excluding hydrogens is 502 g/mol. The number of esters is 1. The Kier molecular flexibility index (Phi) is 9.12. The highest BCUT2D eigenvalue weighted by molar-refractivity contribution is 5.87. The monoisotopic (exact) mass is 559 g/mol. The van der Waals surface area contributed by atoms with E-state index in [1.807, 2.05) is 32.3 Å². The Balaban J connectivity index is 1.19. The molecule has 8 unspecified atom stereocenters. The second-order valence-corrected chi connectivity index (χ2v) is 15.4. The van der Waals surface area contributed by atoms with E-state index in [0.29, 0.717) is 5.41 Å². The van der Waals surface area contributed by atoms with Crippen molar-refractivity contribution in [3.05, 3.63) is 47.6 Å². The third kappa shape index (κ3) is 6.21. The summed E-state index contributed by atoms with van der Waals surface area (Å²) in [5.74, 6) is 4.93. The molecular formula is C38H57NO2. The predicted octanol–water partition coefficient (Wildman–Crippen LogP) is 9.72. The maximum absolute atomic E-state index is 12.7. The summed E-state index contributed by atoms with van der Waals surface area (Å²) in [6, 6.07) is 8.24. The number of benzene rings is 1. The minimum absolute atomic E-state index is 0.00977. The molecule has 0 aliphatic heterocycles. The van der Waals surface area contributed by atoms with Gasteiger partial charge in [-0.25, -0.2) is 4.79 Å². The maximum atomic E-state index is 12.7. The number of rotatable bonds is 9. The Morgan fingerprint density at radius 2 is 1.76 bits per heavy atom. The highest BCUT2D eigenvalue weighted by Crippen LogP contribution is 2.67. The minimum atomic E-state index is -0.211. The molecule has 0 bridgehead atoms. The quantitative estimate of drug-likeness (QED) is 0.171. The zero-order valence-electron chi connectivity index (χ0n) is 27.1. The predicted molar refractivity (Wildman–Crippen MR) is 173 cm³/mol. The topological polar surface area (TPSA) is 29.5 Å². The van der Waals surface area contributed by atoms with E-state index >= 15 is 0 Å². The molecule has 226 valence electrons. The van der Waals surface area contributed by atoms with Crippen LogP contribution in [0.15, 0.2) is 42.0 Å². The van der Waals surface area contributed by atoms with Crippen LogP contribution < -0.4 is 4.90 Å². The van der Waals surface area contributed by atoms with E-state index < -0.39 is 0 Å². The zero-order valence-corrected chi connectivity index (χ0v) is 27.1. The van der Waals surface area contributed by atoms with Gasteiger partial charge < -0.3 is 9.64 Å². The molecule has 0 heterocycles. The molecule has 0 spiro atoms. The second-order valence-electron chi connectivity index (χ2n) is 15.4. The first-order valence-electron chi connectivity index (χ1n) is 16.9. The molecule has 41 heavy (non-hydrogen) atoms. The molecule has 3 heteroatoms. The van der Waals surface area contributed by atoms with Gasteiger partial charge in [0.25, 0.3) is 0 Å². The van der Waals surface area contributed by atoms with Gasteiger partial charge in [0.1, 0.15) is 6.10 Å². The average molecular weight is 560 g/mol. The van der Waals surface area contributed by atoms with Crippen molar-refractivity contribution in [2.24, 2.45) is 46.3 Å². The Morgan fingerprint density at radius 1 is 1.00 bits per heavy atom. The van der Waals surface area contributed by atoms with Gasteiger partial charge in [0.15, 0.2) is 0 Å². The van der Waals surface area contributed by atoms with Gasteiger partial charge in [0, 0.05) is 32.3 Å². The molecule has 3 fully saturated rings. The smallest absolute Gasteiger partial charge is 0.331 e. The van der Waals surface area contributed by atoms with E-state index in [1.165, 1.54) is 51.4 Å². The molecule has 4 aliphatic carbocycles. The van der Waals surface area contributed by atoms with E-state index in [1.54, 1.807) is 11.6 Å². The van der Waals surface area contributed by atoms with Gasteiger partial charge in [-0.1, -0.05) is 77.7 Å². The lowest BCUT2D eigenvalue weighted by Crippen LogP contribution is -2.51. The van der Waals surface area contributed by atoms with Crippen LogP contribution in [-0.2, 0) is 9.53 Å². The first-order chi connectivity index (χ1) is 19.5. The highest BCUT2D eigenvalue weighted by atomic mass is 16.5. The van der Waals surface area contributed by atoms with Crippen molar-refractivity contribution in [1.29, 1.82) is 0 Å². The minimum Gasteiger partial charge on any atom is -0.459 e. The van der Waals surface area contributed by atoms with Crippen molar-refractivity contribution < 1.29 is 9.53 Å². The van der Waals surface area contributed by atoms with Crippen LogP contribution in [0.4, 0.5) is 5.69 Å². The molecule has 1 aromatic rings. The Hall–Kier alpha value is -2.03. The van der Waals surface area contributed by atoms with Crippen LogP contribution in [0.3, 0.4) is 0 Å². The molecule has 3 nitrogen and oxygen atoms in total. The van der Waals surface area contributed by atoms with Gasteiger partial charge in [-0.05, 0) is 115 Å². The molecule has 4 aliphatic rings. The third-order valence-corrected chi connectivity index (χ3v) is 12.4. The Morgan fingerprint density at radius 3 is 2.46 bits per heavy atom. The van der Waals surface area contributed by atoms with Crippen LogP contribution in [-0.4, -0.2) is 26.2 Å². The summed E-state index contributed by atoms with van der Waals surface area (Å²) in [4.78, 5) is 14.8. The van der Waals surface area contributed by atoms with E-state index in [2.05, 4.69) is 57.7 Å².